The Hall–Kier alpha value is -1.85. The van der Waals surface area contributed by atoms with E-state index in [1.165, 1.54) is 0 Å². The van der Waals surface area contributed by atoms with E-state index >= 15 is 0 Å². The van der Waals surface area contributed by atoms with E-state index in [1.54, 1.807) is 30.5 Å². The Morgan fingerprint density at radius 2 is 2.11 bits per heavy atom. The topological polar surface area (TPSA) is 59.0 Å². The van der Waals surface area contributed by atoms with Crippen molar-refractivity contribution in [1.82, 2.24) is 14.9 Å². The summed E-state index contributed by atoms with van der Waals surface area (Å²) in [6.45, 7) is 0.785. The molecule has 0 bridgehead atoms. The van der Waals surface area contributed by atoms with Crippen LogP contribution in [0.3, 0.4) is 0 Å². The number of imidazole rings is 1. The van der Waals surface area contributed by atoms with Crippen molar-refractivity contribution < 1.29 is 4.79 Å². The highest BCUT2D eigenvalue weighted by atomic mass is 35.5. The Bertz CT molecular complexity index is 550. The molecule has 0 fully saturated rings. The lowest BCUT2D eigenvalue weighted by molar-refractivity contribution is -0.115. The average molecular weight is 279 g/mol. The normalized spacial score (nSPS) is 10.4. The third-order valence-electron chi connectivity index (χ3n) is 2.62. The van der Waals surface area contributed by atoms with Crippen LogP contribution in [0.1, 0.15) is 5.82 Å². The monoisotopic (exact) mass is 278 g/mol. The predicted octanol–water partition coefficient (Wildman–Crippen LogP) is 1.80. The Labute approximate surface area is 116 Å². The molecule has 1 heterocycles. The predicted molar refractivity (Wildman–Crippen MR) is 75.0 cm³/mol. The number of anilines is 1. The number of hydrogen-bond acceptors (Lipinski definition) is 3. The number of benzene rings is 1. The SMILES string of the molecule is Cn1ccnc1CNCC(=O)Nc1ccc(Cl)cc1. The summed E-state index contributed by atoms with van der Waals surface area (Å²) in [6.07, 6.45) is 3.59. The second-order valence-electron chi connectivity index (χ2n) is 4.11. The zero-order valence-electron chi connectivity index (χ0n) is 10.6. The van der Waals surface area contributed by atoms with E-state index in [4.69, 9.17) is 11.6 Å². The van der Waals surface area contributed by atoms with Gasteiger partial charge in [0.15, 0.2) is 0 Å². The van der Waals surface area contributed by atoms with Crippen LogP contribution in [0.25, 0.3) is 0 Å². The third kappa shape index (κ3) is 4.08. The smallest absolute Gasteiger partial charge is 0.238 e. The minimum atomic E-state index is -0.100. The molecule has 6 heteroatoms. The molecule has 19 heavy (non-hydrogen) atoms. The first-order chi connectivity index (χ1) is 9.15. The molecule has 5 nitrogen and oxygen atoms in total. The number of hydrogen-bond donors (Lipinski definition) is 2. The van der Waals surface area contributed by atoms with Gasteiger partial charge in [-0.15, -0.1) is 0 Å². The Balaban J connectivity index is 1.76. The fourth-order valence-corrected chi connectivity index (χ4v) is 1.72. The molecule has 0 spiro atoms. The van der Waals surface area contributed by atoms with Crippen LogP contribution in [0.2, 0.25) is 5.02 Å². The molecule has 1 aromatic carbocycles. The number of halogens is 1. The molecule has 100 valence electrons. The molecule has 2 aromatic rings. The molecule has 1 amide bonds. The number of carbonyl (C=O) groups is 1. The molecule has 0 aliphatic heterocycles. The standard InChI is InChI=1S/C13H15ClN4O/c1-18-7-6-16-12(18)8-15-9-13(19)17-11-4-2-10(14)3-5-11/h2-7,15H,8-9H2,1H3,(H,17,19). The molecule has 0 radical (unpaired) electrons. The summed E-state index contributed by atoms with van der Waals surface area (Å²) in [4.78, 5) is 15.8. The van der Waals surface area contributed by atoms with Gasteiger partial charge < -0.3 is 15.2 Å². The largest absolute Gasteiger partial charge is 0.337 e. The van der Waals surface area contributed by atoms with E-state index in [0.717, 1.165) is 11.5 Å². The van der Waals surface area contributed by atoms with Gasteiger partial charge in [-0.25, -0.2) is 4.98 Å². The summed E-state index contributed by atoms with van der Waals surface area (Å²) < 4.78 is 1.91. The van der Waals surface area contributed by atoms with E-state index in [1.807, 2.05) is 17.8 Å². The quantitative estimate of drug-likeness (QED) is 0.877. The second kappa shape index (κ2) is 6.36. The van der Waals surface area contributed by atoms with Crippen molar-refractivity contribution in [1.29, 1.82) is 0 Å². The lowest BCUT2D eigenvalue weighted by atomic mass is 10.3. The summed E-state index contributed by atoms with van der Waals surface area (Å²) in [5.41, 5.74) is 0.730. The Morgan fingerprint density at radius 1 is 1.37 bits per heavy atom. The van der Waals surface area contributed by atoms with E-state index < -0.39 is 0 Å². The van der Waals surface area contributed by atoms with Crippen molar-refractivity contribution in [3.63, 3.8) is 0 Å². The molecule has 0 unspecified atom stereocenters. The number of nitrogens with zero attached hydrogens (tertiary/aromatic N) is 2. The van der Waals surface area contributed by atoms with Gasteiger partial charge in [0.25, 0.3) is 0 Å². The van der Waals surface area contributed by atoms with Crippen LogP contribution in [0.5, 0.6) is 0 Å². The highest BCUT2D eigenvalue weighted by Gasteiger charge is 2.03. The number of carbonyl (C=O) groups excluding carboxylic acids is 1. The molecular formula is C13H15ClN4O. The third-order valence-corrected chi connectivity index (χ3v) is 2.87. The average Bonchev–Trinajstić information content (AvgIpc) is 2.78. The maximum Gasteiger partial charge on any atom is 0.238 e. The van der Waals surface area contributed by atoms with Crippen LogP contribution in [0.4, 0.5) is 5.69 Å². The number of aryl methyl sites for hydroxylation is 1. The molecule has 0 atom stereocenters. The van der Waals surface area contributed by atoms with Gasteiger partial charge in [0, 0.05) is 30.2 Å². The lowest BCUT2D eigenvalue weighted by Gasteiger charge is -2.07. The van der Waals surface area contributed by atoms with E-state index in [0.29, 0.717) is 11.6 Å². The van der Waals surface area contributed by atoms with Crippen LogP contribution < -0.4 is 10.6 Å². The van der Waals surface area contributed by atoms with Gasteiger partial charge in [-0.1, -0.05) is 11.6 Å². The summed E-state index contributed by atoms with van der Waals surface area (Å²) in [7, 11) is 1.91. The molecule has 0 saturated carbocycles. The molecular weight excluding hydrogens is 264 g/mol. The number of rotatable bonds is 5. The van der Waals surface area contributed by atoms with Crippen molar-refractivity contribution in [2.75, 3.05) is 11.9 Å². The zero-order chi connectivity index (χ0) is 13.7. The van der Waals surface area contributed by atoms with Gasteiger partial charge in [-0.05, 0) is 24.3 Å². The first-order valence-corrected chi connectivity index (χ1v) is 6.25. The van der Waals surface area contributed by atoms with Gasteiger partial charge in [0.1, 0.15) is 5.82 Å². The minimum absolute atomic E-state index is 0.100. The molecule has 0 aliphatic rings. The van der Waals surface area contributed by atoms with Crippen LogP contribution in [0.15, 0.2) is 36.7 Å². The fourth-order valence-electron chi connectivity index (χ4n) is 1.59. The maximum absolute atomic E-state index is 11.7. The van der Waals surface area contributed by atoms with Crippen molar-refractivity contribution in [2.45, 2.75) is 6.54 Å². The zero-order valence-corrected chi connectivity index (χ0v) is 11.3. The Kier molecular flexibility index (Phi) is 4.54. The molecule has 1 aromatic heterocycles. The van der Waals surface area contributed by atoms with E-state index in [9.17, 15) is 4.79 Å². The number of aromatic nitrogens is 2. The fraction of sp³-hybridized carbons (Fsp3) is 0.231. The first kappa shape index (κ1) is 13.6. The van der Waals surface area contributed by atoms with E-state index in [-0.39, 0.29) is 12.5 Å². The highest BCUT2D eigenvalue weighted by Crippen LogP contribution is 2.12. The minimum Gasteiger partial charge on any atom is -0.337 e. The van der Waals surface area contributed by atoms with Gasteiger partial charge in [-0.2, -0.15) is 0 Å². The number of amides is 1. The van der Waals surface area contributed by atoms with Gasteiger partial charge in [-0.3, -0.25) is 4.79 Å². The molecule has 2 N–H and O–H groups in total. The number of nitrogens with one attached hydrogen (secondary N) is 2. The van der Waals surface area contributed by atoms with Gasteiger partial charge >= 0.3 is 0 Å². The van der Waals surface area contributed by atoms with Crippen LogP contribution in [-0.4, -0.2) is 22.0 Å². The molecule has 0 saturated heterocycles. The van der Waals surface area contributed by atoms with Crippen molar-refractivity contribution in [3.05, 3.63) is 47.5 Å². The summed E-state index contributed by atoms with van der Waals surface area (Å²) in [5, 5.41) is 6.46. The summed E-state index contributed by atoms with van der Waals surface area (Å²) in [5.74, 6) is 0.788. The highest BCUT2D eigenvalue weighted by molar-refractivity contribution is 6.30. The van der Waals surface area contributed by atoms with Crippen molar-refractivity contribution in [2.24, 2.45) is 7.05 Å². The lowest BCUT2D eigenvalue weighted by Crippen LogP contribution is -2.28. The van der Waals surface area contributed by atoms with Crippen LogP contribution >= 0.6 is 11.6 Å². The van der Waals surface area contributed by atoms with Crippen LogP contribution in [0, 0.1) is 0 Å². The van der Waals surface area contributed by atoms with Crippen LogP contribution in [-0.2, 0) is 18.4 Å². The van der Waals surface area contributed by atoms with Gasteiger partial charge in [0.05, 0.1) is 13.1 Å². The van der Waals surface area contributed by atoms with E-state index in [2.05, 4.69) is 15.6 Å². The maximum atomic E-state index is 11.7. The van der Waals surface area contributed by atoms with Gasteiger partial charge in [0.2, 0.25) is 5.91 Å². The summed E-state index contributed by atoms with van der Waals surface area (Å²) >= 11 is 5.77. The Morgan fingerprint density at radius 3 is 2.74 bits per heavy atom. The first-order valence-electron chi connectivity index (χ1n) is 5.87. The van der Waals surface area contributed by atoms with Crippen molar-refractivity contribution >= 4 is 23.2 Å². The van der Waals surface area contributed by atoms with Crippen molar-refractivity contribution in [3.8, 4) is 0 Å². The molecule has 2 rings (SSSR count). The molecule has 0 aliphatic carbocycles. The summed E-state index contributed by atoms with van der Waals surface area (Å²) in [6, 6.07) is 6.99. The second-order valence-corrected chi connectivity index (χ2v) is 4.55.